The van der Waals surface area contributed by atoms with Gasteiger partial charge in [-0.1, -0.05) is 43.6 Å². The molecule has 5 aromatic rings. The Kier molecular flexibility index (Phi) is 19.4. The Hall–Kier alpha value is -9.77. The normalized spacial score (nSPS) is 21.4. The number of carbonyl (C=O) groups excluding carboxylic acids is 8. The van der Waals surface area contributed by atoms with Crippen molar-refractivity contribution in [2.45, 2.75) is 81.2 Å². The monoisotopic (exact) mass is 1220 g/mol. The van der Waals surface area contributed by atoms with E-state index in [9.17, 15) is 44.3 Å². The van der Waals surface area contributed by atoms with Crippen LogP contribution in [0.4, 0.5) is 5.69 Å². The van der Waals surface area contributed by atoms with Crippen molar-refractivity contribution in [3.8, 4) is 57.1 Å². The van der Waals surface area contributed by atoms with Gasteiger partial charge in [-0.2, -0.15) is 0 Å². The molecule has 87 heavy (non-hydrogen) atoms. The van der Waals surface area contributed by atoms with Crippen LogP contribution in [-0.4, -0.2) is 129 Å². The van der Waals surface area contributed by atoms with Gasteiger partial charge in [-0.15, -0.1) is 0 Å². The van der Waals surface area contributed by atoms with Crippen LogP contribution in [0.3, 0.4) is 0 Å². The molecule has 9 atom stereocenters. The Morgan fingerprint density at radius 2 is 1.31 bits per heavy atom. The van der Waals surface area contributed by atoms with E-state index in [4.69, 9.17) is 50.5 Å². The number of halogens is 1. The van der Waals surface area contributed by atoms with Crippen molar-refractivity contribution in [1.82, 2.24) is 37.2 Å². The summed E-state index contributed by atoms with van der Waals surface area (Å²) in [5, 5.41) is 54.9. The first-order valence-corrected chi connectivity index (χ1v) is 27.1. The summed E-state index contributed by atoms with van der Waals surface area (Å²) in [4.78, 5) is 129. The van der Waals surface area contributed by atoms with Crippen molar-refractivity contribution >= 4 is 64.6 Å². The molecule has 0 aromatic heterocycles. The van der Waals surface area contributed by atoms with Crippen molar-refractivity contribution in [1.29, 1.82) is 0 Å². The van der Waals surface area contributed by atoms with Gasteiger partial charge < -0.3 is 86.3 Å². The number of methoxy groups -OCH3 is 5. The summed E-state index contributed by atoms with van der Waals surface area (Å²) < 4.78 is 40.9. The number of hydrogen-bond donors (Lipinski definition) is 10. The maximum atomic E-state index is 15.7. The largest absolute Gasteiger partial charge is 0.497 e. The van der Waals surface area contributed by atoms with Crippen LogP contribution in [-0.2, 0) is 43.1 Å². The van der Waals surface area contributed by atoms with E-state index in [1.807, 2.05) is 13.8 Å². The number of primary amides is 1. The van der Waals surface area contributed by atoms with E-state index in [-0.39, 0.29) is 90.8 Å². The number of ether oxygens (including phenoxy) is 7. The molecule has 0 saturated heterocycles. The molecular weight excluding hydrogens is 1160 g/mol. The van der Waals surface area contributed by atoms with Crippen molar-refractivity contribution in [2.24, 2.45) is 11.7 Å². The minimum atomic E-state index is -2.14. The summed E-state index contributed by atoms with van der Waals surface area (Å²) in [6.07, 6.45) is -4.91. The number of nitrogens with zero attached hydrogens (tertiary/aromatic N) is 1. The molecule has 28 nitrogen and oxygen atoms in total. The second kappa shape index (κ2) is 26.7. The number of fused-ring (bicyclic) bond motifs is 15. The lowest BCUT2D eigenvalue weighted by Crippen LogP contribution is -2.59. The minimum Gasteiger partial charge on any atom is -0.497 e. The van der Waals surface area contributed by atoms with E-state index in [1.54, 1.807) is 0 Å². The molecule has 5 aromatic carbocycles. The van der Waals surface area contributed by atoms with Crippen LogP contribution in [0.1, 0.15) is 84.8 Å². The van der Waals surface area contributed by atoms with Gasteiger partial charge in [-0.3, -0.25) is 43.7 Å². The fraction of sp³-hybridized carbons (Fsp3) is 0.345. The Morgan fingerprint density at radius 3 is 1.91 bits per heavy atom. The summed E-state index contributed by atoms with van der Waals surface area (Å²) in [6.45, 7) is 3.65. The molecule has 11 bridgehead atoms. The standard InChI is InChI=1S/C58H62ClN9O19/c1-24(2)15-33(61-3)52(72)66-47-50(71)27-11-14-38(35(18-27)68(79)80)87-41-20-28-19-40(51(41)84-7)86-37-13-10-26(17-32(37)59)49(70)48-57(77)65-46(58(78)85-8)31-21-29(81-4)22-39(83-6)43(31)30-16-25(9-12-36(30)82-5)44(54(74)67-48)64-55(75)45(28)63-53(73)34(23-42(60)69)62-56(47)76/h9-14,16-22,24,33-34,44-50,61,70-71H,15,23H2,1-8H3,(H2,60,69)(H,62,76)(H,63,73)(H,64,75)(H,65,77)(H,66,72)(H,67,74)/t33-,34+,44-,45-,46+,47-,48+,49-,50-/m1/s1. The smallest absolute Gasteiger partial charge is 0.333 e. The quantitative estimate of drug-likeness (QED) is 0.0460. The number of aliphatic hydroxyl groups excluding tert-OH is 2. The number of hydrogen-bond acceptors (Lipinski definition) is 20. The number of likely N-dealkylation sites (N-methyl/N-ethyl adjacent to an activating group) is 1. The molecule has 0 aliphatic carbocycles. The maximum absolute atomic E-state index is 15.7. The van der Waals surface area contributed by atoms with Crippen molar-refractivity contribution in [3.05, 3.63) is 122 Å². The molecule has 460 valence electrons. The third-order valence-electron chi connectivity index (χ3n) is 14.6. The SMILES string of the molecule is CN[C@H](CC(C)C)C(=O)N[C@H]1C(=O)N[C@@H](CC(N)=O)C(=O)N[C@H]2C(=O)N[C@H]3C(=O)N[C@H](C(=O)N[C@H](C(=O)OC)c4cc(OC)cc(OC)c4-c4cc3ccc4OC)[C@H](O)c3ccc(c(Cl)c3)Oc3cc2cc(c3OC)Oc2ccc(cc2[N+](=O)[O-])[C@H]1O. The lowest BCUT2D eigenvalue weighted by atomic mass is 9.89. The van der Waals surface area contributed by atoms with Crippen LogP contribution >= 0.6 is 11.6 Å². The van der Waals surface area contributed by atoms with Gasteiger partial charge >= 0.3 is 11.7 Å². The molecular formula is C58H62ClN9O19. The number of benzene rings is 5. The predicted molar refractivity (Wildman–Crippen MR) is 306 cm³/mol. The van der Waals surface area contributed by atoms with E-state index in [2.05, 4.69) is 37.2 Å². The maximum Gasteiger partial charge on any atom is 0.333 e. The zero-order valence-corrected chi connectivity index (χ0v) is 48.7. The van der Waals surface area contributed by atoms with Gasteiger partial charge in [0.15, 0.2) is 17.5 Å². The molecule has 0 spiro atoms. The summed E-state index contributed by atoms with van der Waals surface area (Å²) in [7, 11) is 7.67. The van der Waals surface area contributed by atoms with E-state index in [1.165, 1.54) is 90.1 Å². The molecule has 0 unspecified atom stereocenters. The Balaban J connectivity index is 1.41. The molecule has 5 aliphatic heterocycles. The molecule has 5 aliphatic rings. The van der Waals surface area contributed by atoms with Crippen LogP contribution in [0.5, 0.6) is 46.0 Å². The highest BCUT2D eigenvalue weighted by Gasteiger charge is 2.42. The average molecular weight is 1220 g/mol. The number of nitrogens with two attached hydrogens (primary N) is 1. The van der Waals surface area contributed by atoms with Crippen LogP contribution in [0.2, 0.25) is 5.02 Å². The van der Waals surface area contributed by atoms with Gasteiger partial charge in [0.1, 0.15) is 65.4 Å². The Bertz CT molecular complexity index is 3580. The summed E-state index contributed by atoms with van der Waals surface area (Å²) >= 11 is 6.91. The highest BCUT2D eigenvalue weighted by Crippen LogP contribution is 2.49. The number of carbonyl (C=O) groups is 8. The zero-order chi connectivity index (χ0) is 63.3. The fourth-order valence-corrected chi connectivity index (χ4v) is 10.5. The summed E-state index contributed by atoms with van der Waals surface area (Å²) in [5.74, 6) is -11.0. The molecule has 0 fully saturated rings. The van der Waals surface area contributed by atoms with Crippen LogP contribution < -0.4 is 71.4 Å². The van der Waals surface area contributed by atoms with Gasteiger partial charge in [0.05, 0.1) is 58.0 Å². The van der Waals surface area contributed by atoms with Gasteiger partial charge in [-0.05, 0) is 90.2 Å². The second-order valence-corrected chi connectivity index (χ2v) is 21.0. The molecule has 5 heterocycles. The molecule has 0 saturated carbocycles. The van der Waals surface area contributed by atoms with Crippen LogP contribution in [0.25, 0.3) is 11.1 Å². The molecule has 29 heteroatoms. The minimum absolute atomic E-state index is 0.00765. The number of rotatable bonds is 13. The van der Waals surface area contributed by atoms with Crippen molar-refractivity contribution < 1.29 is 86.7 Å². The number of esters is 1. The third-order valence-corrected chi connectivity index (χ3v) is 14.9. The molecule has 7 amide bonds. The number of nitro benzene ring substituents is 1. The Labute approximate surface area is 501 Å². The van der Waals surface area contributed by atoms with E-state index in [0.717, 1.165) is 31.4 Å². The first-order valence-electron chi connectivity index (χ1n) is 26.8. The first kappa shape index (κ1) is 63.3. The average Bonchev–Trinajstić information content (AvgIpc) is 1.13. The van der Waals surface area contributed by atoms with Crippen molar-refractivity contribution in [2.75, 3.05) is 42.6 Å². The van der Waals surface area contributed by atoms with Gasteiger partial charge in [0, 0.05) is 28.8 Å². The summed E-state index contributed by atoms with van der Waals surface area (Å²) in [5.41, 5.74) is 4.21. The fourth-order valence-electron chi connectivity index (χ4n) is 10.2. The molecule has 0 radical (unpaired) electrons. The van der Waals surface area contributed by atoms with Crippen LogP contribution in [0, 0.1) is 16.0 Å². The zero-order valence-electron chi connectivity index (χ0n) is 47.9. The topological polar surface area (TPSA) is 395 Å². The third kappa shape index (κ3) is 13.4. The number of nitrogens with one attached hydrogen (secondary N) is 7. The first-order chi connectivity index (χ1) is 41.4. The number of amides is 7. The van der Waals surface area contributed by atoms with Crippen molar-refractivity contribution in [3.63, 3.8) is 0 Å². The Morgan fingerprint density at radius 1 is 0.690 bits per heavy atom. The van der Waals surface area contributed by atoms with Gasteiger partial charge in [-0.25, -0.2) is 4.79 Å². The highest BCUT2D eigenvalue weighted by molar-refractivity contribution is 6.32. The molecule has 11 N–H and O–H groups in total. The number of aliphatic hydroxyl groups is 2. The second-order valence-electron chi connectivity index (χ2n) is 20.6. The predicted octanol–water partition coefficient (Wildman–Crippen LogP) is 2.95. The lowest BCUT2D eigenvalue weighted by Gasteiger charge is -2.31. The summed E-state index contributed by atoms with van der Waals surface area (Å²) in [6, 6.07) is 3.14. The highest BCUT2D eigenvalue weighted by atomic mass is 35.5. The number of nitro groups is 1. The van der Waals surface area contributed by atoms with E-state index in [0.29, 0.717) is 0 Å². The van der Waals surface area contributed by atoms with Crippen LogP contribution in [0.15, 0.2) is 78.9 Å². The van der Waals surface area contributed by atoms with Gasteiger partial charge in [0.2, 0.25) is 52.8 Å². The van der Waals surface area contributed by atoms with E-state index >= 15 is 14.4 Å². The lowest BCUT2D eigenvalue weighted by molar-refractivity contribution is -0.385. The van der Waals surface area contributed by atoms with E-state index < -0.39 is 130 Å². The van der Waals surface area contributed by atoms with Gasteiger partial charge in [0.25, 0.3) is 0 Å². The molecule has 10 rings (SSSR count).